The van der Waals surface area contributed by atoms with Gasteiger partial charge in [0, 0.05) is 23.4 Å². The summed E-state index contributed by atoms with van der Waals surface area (Å²) in [7, 11) is 0. The van der Waals surface area contributed by atoms with Crippen LogP contribution in [-0.2, 0) is 4.79 Å². The lowest BCUT2D eigenvalue weighted by molar-refractivity contribution is -0.111. The number of rotatable bonds is 6. The van der Waals surface area contributed by atoms with Gasteiger partial charge < -0.3 is 10.3 Å². The number of hydrogen-bond donors (Lipinski definition) is 2. The Morgan fingerprint density at radius 1 is 1.06 bits per heavy atom. The van der Waals surface area contributed by atoms with E-state index in [1.807, 2.05) is 43.5 Å². The number of nitrogens with one attached hydrogen (secondary N) is 2. The van der Waals surface area contributed by atoms with Gasteiger partial charge in [-0.15, -0.1) is 0 Å². The number of halogens is 1. The topological polar surface area (TPSA) is 70.7 Å². The molecule has 0 atom stereocenters. The van der Waals surface area contributed by atoms with Crippen molar-refractivity contribution < 1.29 is 9.18 Å². The maximum absolute atomic E-state index is 13.4. The summed E-state index contributed by atoms with van der Waals surface area (Å²) in [5.41, 5.74) is 5.19. The number of aromatic nitrogens is 3. The third-order valence-corrected chi connectivity index (χ3v) is 5.38. The molecule has 4 rings (SSSR count). The van der Waals surface area contributed by atoms with Gasteiger partial charge in [0.1, 0.15) is 11.6 Å². The van der Waals surface area contributed by atoms with E-state index < -0.39 is 0 Å². The molecule has 0 spiro atoms. The van der Waals surface area contributed by atoms with E-state index in [0.717, 1.165) is 33.1 Å². The van der Waals surface area contributed by atoms with Crippen LogP contribution in [0.15, 0.2) is 78.1 Å². The van der Waals surface area contributed by atoms with Gasteiger partial charge in [-0.05, 0) is 61.2 Å². The molecule has 2 aromatic heterocycles. The van der Waals surface area contributed by atoms with Crippen LogP contribution in [0.25, 0.3) is 28.6 Å². The number of aromatic amines is 1. The Kier molecular flexibility index (Phi) is 6.47. The van der Waals surface area contributed by atoms with Crippen molar-refractivity contribution in [3.63, 3.8) is 0 Å². The fourth-order valence-electron chi connectivity index (χ4n) is 3.15. The summed E-state index contributed by atoms with van der Waals surface area (Å²) in [6.07, 6.45) is 6.78. The van der Waals surface area contributed by atoms with Gasteiger partial charge in [-0.1, -0.05) is 41.6 Å². The normalized spacial score (nSPS) is 11.1. The highest BCUT2D eigenvalue weighted by Gasteiger charge is 2.15. The second-order valence-corrected chi connectivity index (χ2v) is 7.93. The number of nitrogens with zero attached hydrogens (tertiary/aromatic N) is 2. The van der Waals surface area contributed by atoms with Crippen LogP contribution >= 0.6 is 11.8 Å². The third-order valence-electron chi connectivity index (χ3n) is 4.80. The van der Waals surface area contributed by atoms with Gasteiger partial charge in [-0.2, -0.15) is 0 Å². The molecule has 2 N–H and O–H groups in total. The predicted octanol–water partition coefficient (Wildman–Crippen LogP) is 5.96. The van der Waals surface area contributed by atoms with Crippen LogP contribution in [0.3, 0.4) is 0 Å². The number of anilines is 1. The quantitative estimate of drug-likeness (QED) is 0.284. The summed E-state index contributed by atoms with van der Waals surface area (Å²) in [4.78, 5) is 24.6. The predicted molar refractivity (Wildman–Crippen MR) is 128 cm³/mol. The van der Waals surface area contributed by atoms with Crippen LogP contribution in [0, 0.1) is 12.7 Å². The highest BCUT2D eigenvalue weighted by Crippen LogP contribution is 2.33. The highest BCUT2D eigenvalue weighted by atomic mass is 32.2. The Labute approximate surface area is 189 Å². The number of thioether (sulfide) groups is 1. The number of carbonyl (C=O) groups is 1. The van der Waals surface area contributed by atoms with Gasteiger partial charge in [0.05, 0.1) is 11.4 Å². The Hall–Kier alpha value is -3.71. The van der Waals surface area contributed by atoms with Gasteiger partial charge in [0.25, 0.3) is 0 Å². The van der Waals surface area contributed by atoms with Gasteiger partial charge in [0.15, 0.2) is 5.16 Å². The maximum Gasteiger partial charge on any atom is 0.249 e. The first-order chi connectivity index (χ1) is 15.5. The molecule has 5 nitrogen and oxygen atoms in total. The van der Waals surface area contributed by atoms with E-state index in [0.29, 0.717) is 11.5 Å². The maximum atomic E-state index is 13.4. The Balaban J connectivity index is 1.58. The summed E-state index contributed by atoms with van der Waals surface area (Å²) in [5.74, 6) is -0.159. The van der Waals surface area contributed by atoms with Crippen molar-refractivity contribution in [2.45, 2.75) is 12.1 Å². The summed E-state index contributed by atoms with van der Waals surface area (Å²) in [6, 6.07) is 17.7. The third kappa shape index (κ3) is 5.12. The van der Waals surface area contributed by atoms with E-state index in [9.17, 15) is 9.18 Å². The average Bonchev–Trinajstić information content (AvgIpc) is 3.24. The Morgan fingerprint density at radius 3 is 2.53 bits per heavy atom. The first-order valence-electron chi connectivity index (χ1n) is 9.94. The standard InChI is InChI=1S/C25H21FN4OS/c1-16-3-5-17(6-4-16)7-12-22(31)28-21-15-19(13-14-27-21)24-23(29-25(30-24)32-2)18-8-10-20(26)11-9-18/h3-15H,1-2H3,(H,29,30)(H,27,28,31)/b12-7+. The van der Waals surface area contributed by atoms with Crippen molar-refractivity contribution >= 4 is 29.6 Å². The number of pyridine rings is 1. The zero-order valence-corrected chi connectivity index (χ0v) is 18.4. The second-order valence-electron chi connectivity index (χ2n) is 7.14. The highest BCUT2D eigenvalue weighted by molar-refractivity contribution is 7.98. The number of hydrogen-bond acceptors (Lipinski definition) is 4. The molecule has 7 heteroatoms. The minimum absolute atomic E-state index is 0.277. The van der Waals surface area contributed by atoms with E-state index >= 15 is 0 Å². The van der Waals surface area contributed by atoms with Crippen molar-refractivity contribution in [2.24, 2.45) is 0 Å². The summed E-state index contributed by atoms with van der Waals surface area (Å²) < 4.78 is 13.4. The Bertz CT molecular complexity index is 1260. The number of carbonyl (C=O) groups excluding carboxylic acids is 1. The number of H-pyrrole nitrogens is 1. The van der Waals surface area contributed by atoms with Gasteiger partial charge in [-0.3, -0.25) is 4.79 Å². The number of aryl methyl sites for hydroxylation is 1. The molecule has 160 valence electrons. The van der Waals surface area contributed by atoms with Crippen LogP contribution in [0.4, 0.5) is 10.2 Å². The molecule has 0 aliphatic rings. The molecule has 2 heterocycles. The summed E-state index contributed by atoms with van der Waals surface area (Å²) in [5, 5.41) is 3.53. The minimum Gasteiger partial charge on any atom is -0.332 e. The molecule has 0 bridgehead atoms. The van der Waals surface area contributed by atoms with Crippen molar-refractivity contribution in [2.75, 3.05) is 11.6 Å². The van der Waals surface area contributed by atoms with E-state index in [2.05, 4.69) is 20.3 Å². The van der Waals surface area contributed by atoms with Crippen molar-refractivity contribution in [1.82, 2.24) is 15.0 Å². The second kappa shape index (κ2) is 9.62. The van der Waals surface area contributed by atoms with E-state index in [-0.39, 0.29) is 11.7 Å². The molecular formula is C25H21FN4OS. The monoisotopic (exact) mass is 444 g/mol. The lowest BCUT2D eigenvalue weighted by atomic mass is 10.1. The van der Waals surface area contributed by atoms with Gasteiger partial charge in [-0.25, -0.2) is 14.4 Å². The molecule has 32 heavy (non-hydrogen) atoms. The molecule has 0 fully saturated rings. The van der Waals surface area contributed by atoms with Crippen molar-refractivity contribution in [3.8, 4) is 22.5 Å². The van der Waals surface area contributed by atoms with E-state index in [4.69, 9.17) is 0 Å². The molecule has 0 saturated carbocycles. The zero-order chi connectivity index (χ0) is 22.5. The van der Waals surface area contributed by atoms with Crippen LogP contribution in [0.5, 0.6) is 0 Å². The molecule has 1 amide bonds. The number of benzene rings is 2. The number of imidazole rings is 1. The van der Waals surface area contributed by atoms with Gasteiger partial charge in [0.2, 0.25) is 5.91 Å². The van der Waals surface area contributed by atoms with E-state index in [1.54, 1.807) is 30.5 Å². The van der Waals surface area contributed by atoms with Crippen molar-refractivity contribution in [3.05, 3.63) is 89.9 Å². The molecule has 0 aliphatic heterocycles. The molecule has 0 saturated heterocycles. The molecule has 4 aromatic rings. The summed E-state index contributed by atoms with van der Waals surface area (Å²) in [6.45, 7) is 2.02. The van der Waals surface area contributed by atoms with Crippen LogP contribution in [0.2, 0.25) is 0 Å². The molecule has 2 aromatic carbocycles. The first kappa shape index (κ1) is 21.5. The van der Waals surface area contributed by atoms with Gasteiger partial charge >= 0.3 is 0 Å². The van der Waals surface area contributed by atoms with Crippen molar-refractivity contribution in [1.29, 1.82) is 0 Å². The lowest BCUT2D eigenvalue weighted by Crippen LogP contribution is -2.09. The fourth-order valence-corrected chi connectivity index (χ4v) is 3.53. The smallest absolute Gasteiger partial charge is 0.249 e. The zero-order valence-electron chi connectivity index (χ0n) is 17.6. The molecule has 0 aliphatic carbocycles. The Morgan fingerprint density at radius 2 is 1.81 bits per heavy atom. The molecular weight excluding hydrogens is 423 g/mol. The van der Waals surface area contributed by atoms with E-state index in [1.165, 1.54) is 30.0 Å². The molecule has 0 unspecified atom stereocenters. The number of amides is 1. The minimum atomic E-state index is -0.299. The lowest BCUT2D eigenvalue weighted by Gasteiger charge is -2.06. The SMILES string of the molecule is CSc1nc(-c2ccnc(NC(=O)/C=C/c3ccc(C)cc3)c2)c(-c2ccc(F)cc2)[nH]1. The van der Waals surface area contributed by atoms with Crippen LogP contribution < -0.4 is 5.32 Å². The largest absolute Gasteiger partial charge is 0.332 e. The van der Waals surface area contributed by atoms with Crippen LogP contribution in [0.1, 0.15) is 11.1 Å². The molecule has 0 radical (unpaired) electrons. The van der Waals surface area contributed by atoms with Crippen LogP contribution in [-0.4, -0.2) is 27.1 Å². The fraction of sp³-hybridized carbons (Fsp3) is 0.0800. The average molecular weight is 445 g/mol. The summed E-state index contributed by atoms with van der Waals surface area (Å²) >= 11 is 1.48. The first-order valence-corrected chi connectivity index (χ1v) is 11.2.